The number of nitriles is 1. The predicted octanol–water partition coefficient (Wildman–Crippen LogP) is 1.18. The van der Waals surface area contributed by atoms with Crippen LogP contribution in [0, 0.1) is 17.1 Å². The highest BCUT2D eigenvalue weighted by atomic mass is 32.2. The van der Waals surface area contributed by atoms with Gasteiger partial charge in [0.25, 0.3) is 5.91 Å². The number of amides is 1. The molecular formula is C13H13FN2O2S. The molecule has 1 atom stereocenters. The topological polar surface area (TPSA) is 73.1 Å². The molecule has 1 amide bonds. The molecule has 0 spiro atoms. The molecule has 0 saturated carbocycles. The third kappa shape index (κ3) is 3.06. The van der Waals surface area contributed by atoms with Gasteiger partial charge in [0.2, 0.25) is 0 Å². The summed E-state index contributed by atoms with van der Waals surface area (Å²) in [5.74, 6) is 0.133. The van der Waals surface area contributed by atoms with E-state index in [0.717, 1.165) is 5.75 Å². The van der Waals surface area contributed by atoms with Gasteiger partial charge in [-0.2, -0.15) is 17.0 Å². The van der Waals surface area contributed by atoms with Gasteiger partial charge in [0.15, 0.2) is 5.60 Å². The van der Waals surface area contributed by atoms with E-state index in [0.29, 0.717) is 17.7 Å². The Bertz CT molecular complexity index is 536. The lowest BCUT2D eigenvalue weighted by Crippen LogP contribution is -2.46. The average molecular weight is 280 g/mol. The molecule has 1 aliphatic rings. The molecule has 0 aliphatic carbocycles. The molecule has 4 nitrogen and oxygen atoms in total. The van der Waals surface area contributed by atoms with Crippen LogP contribution in [-0.4, -0.2) is 28.1 Å². The SMILES string of the molecule is N#Cc1ccc(F)c(CNC(=O)C2(O)CCSC2)c1. The van der Waals surface area contributed by atoms with Crippen LogP contribution < -0.4 is 5.32 Å². The van der Waals surface area contributed by atoms with Crippen LogP contribution in [0.2, 0.25) is 0 Å². The molecule has 0 aromatic heterocycles. The van der Waals surface area contributed by atoms with Crippen LogP contribution in [0.4, 0.5) is 4.39 Å². The molecule has 0 radical (unpaired) electrons. The molecule has 2 rings (SSSR count). The van der Waals surface area contributed by atoms with Gasteiger partial charge in [-0.1, -0.05) is 0 Å². The molecule has 1 aliphatic heterocycles. The van der Waals surface area contributed by atoms with Crippen molar-refractivity contribution in [2.75, 3.05) is 11.5 Å². The summed E-state index contributed by atoms with van der Waals surface area (Å²) in [5, 5.41) is 21.3. The minimum Gasteiger partial charge on any atom is -0.379 e. The van der Waals surface area contributed by atoms with Crippen molar-refractivity contribution in [3.63, 3.8) is 0 Å². The smallest absolute Gasteiger partial charge is 0.253 e. The quantitative estimate of drug-likeness (QED) is 0.872. The number of rotatable bonds is 3. The fourth-order valence-electron chi connectivity index (χ4n) is 1.85. The molecule has 1 aromatic carbocycles. The van der Waals surface area contributed by atoms with Crippen molar-refractivity contribution < 1.29 is 14.3 Å². The van der Waals surface area contributed by atoms with E-state index in [1.54, 1.807) is 0 Å². The van der Waals surface area contributed by atoms with E-state index in [1.165, 1.54) is 30.0 Å². The van der Waals surface area contributed by atoms with Crippen molar-refractivity contribution in [3.05, 3.63) is 35.1 Å². The maximum atomic E-state index is 13.5. The fourth-order valence-corrected chi connectivity index (χ4v) is 3.09. The highest BCUT2D eigenvalue weighted by Gasteiger charge is 2.39. The van der Waals surface area contributed by atoms with Crippen LogP contribution in [-0.2, 0) is 11.3 Å². The highest BCUT2D eigenvalue weighted by Crippen LogP contribution is 2.27. The molecule has 1 aromatic rings. The van der Waals surface area contributed by atoms with Gasteiger partial charge >= 0.3 is 0 Å². The number of carbonyl (C=O) groups excluding carboxylic acids is 1. The molecule has 1 fully saturated rings. The Morgan fingerprint density at radius 1 is 1.63 bits per heavy atom. The zero-order chi connectivity index (χ0) is 13.9. The number of aliphatic hydroxyl groups is 1. The van der Waals surface area contributed by atoms with Crippen molar-refractivity contribution >= 4 is 17.7 Å². The first-order valence-electron chi connectivity index (χ1n) is 5.82. The summed E-state index contributed by atoms with van der Waals surface area (Å²) >= 11 is 1.51. The van der Waals surface area contributed by atoms with Crippen LogP contribution >= 0.6 is 11.8 Å². The van der Waals surface area contributed by atoms with Crippen LogP contribution in [0.5, 0.6) is 0 Å². The Hall–Kier alpha value is -1.58. The van der Waals surface area contributed by atoms with E-state index in [9.17, 15) is 14.3 Å². The van der Waals surface area contributed by atoms with Gasteiger partial charge in [0, 0.05) is 17.9 Å². The van der Waals surface area contributed by atoms with Crippen LogP contribution in [0.15, 0.2) is 18.2 Å². The number of carbonyl (C=O) groups is 1. The first-order chi connectivity index (χ1) is 9.05. The van der Waals surface area contributed by atoms with Crippen LogP contribution in [0.25, 0.3) is 0 Å². The standard InChI is InChI=1S/C13H13FN2O2S/c14-11-2-1-9(6-15)5-10(11)7-16-12(17)13(18)3-4-19-8-13/h1-2,5,18H,3-4,7-8H2,(H,16,17). The van der Waals surface area contributed by atoms with Crippen molar-refractivity contribution in [1.29, 1.82) is 5.26 Å². The molecule has 19 heavy (non-hydrogen) atoms. The lowest BCUT2D eigenvalue weighted by atomic mass is 10.0. The number of halogens is 1. The average Bonchev–Trinajstić information content (AvgIpc) is 2.85. The third-order valence-electron chi connectivity index (χ3n) is 3.04. The number of nitrogens with one attached hydrogen (secondary N) is 1. The molecule has 100 valence electrons. The summed E-state index contributed by atoms with van der Waals surface area (Å²) in [4.78, 5) is 11.8. The lowest BCUT2D eigenvalue weighted by Gasteiger charge is -2.20. The van der Waals surface area contributed by atoms with Crippen LogP contribution in [0.1, 0.15) is 17.5 Å². The first kappa shape index (κ1) is 13.8. The minimum atomic E-state index is -1.35. The molecule has 1 heterocycles. The third-order valence-corrected chi connectivity index (χ3v) is 4.21. The maximum Gasteiger partial charge on any atom is 0.253 e. The summed E-state index contributed by atoms with van der Waals surface area (Å²) in [6.45, 7) is -0.0346. The molecule has 6 heteroatoms. The lowest BCUT2D eigenvalue weighted by molar-refractivity contribution is -0.137. The first-order valence-corrected chi connectivity index (χ1v) is 6.97. The molecule has 1 saturated heterocycles. The van der Waals surface area contributed by atoms with Gasteiger partial charge in [-0.3, -0.25) is 4.79 Å². The van der Waals surface area contributed by atoms with E-state index >= 15 is 0 Å². The van der Waals surface area contributed by atoms with Crippen molar-refractivity contribution in [2.45, 2.75) is 18.6 Å². The summed E-state index contributed by atoms with van der Waals surface area (Å²) < 4.78 is 13.5. The van der Waals surface area contributed by atoms with E-state index in [2.05, 4.69) is 5.32 Å². The van der Waals surface area contributed by atoms with Gasteiger partial charge < -0.3 is 10.4 Å². The predicted molar refractivity (Wildman–Crippen MR) is 69.9 cm³/mol. The second-order valence-corrected chi connectivity index (χ2v) is 5.54. The second kappa shape index (κ2) is 5.59. The Labute approximate surface area is 114 Å². The Morgan fingerprint density at radius 3 is 3.05 bits per heavy atom. The monoisotopic (exact) mass is 280 g/mol. The molecular weight excluding hydrogens is 267 g/mol. The van der Waals surface area contributed by atoms with Gasteiger partial charge in [-0.05, 0) is 30.4 Å². The second-order valence-electron chi connectivity index (χ2n) is 4.43. The largest absolute Gasteiger partial charge is 0.379 e. The number of thioether (sulfide) groups is 1. The number of hydrogen-bond donors (Lipinski definition) is 2. The summed E-state index contributed by atoms with van der Waals surface area (Å²) in [5.41, 5.74) is -0.781. The molecule has 2 N–H and O–H groups in total. The van der Waals surface area contributed by atoms with Gasteiger partial charge in [-0.25, -0.2) is 4.39 Å². The summed E-state index contributed by atoms with van der Waals surface area (Å²) in [6.07, 6.45) is 0.407. The van der Waals surface area contributed by atoms with E-state index in [-0.39, 0.29) is 12.1 Å². The van der Waals surface area contributed by atoms with Crippen LogP contribution in [0.3, 0.4) is 0 Å². The Morgan fingerprint density at radius 2 is 2.42 bits per heavy atom. The molecule has 0 bridgehead atoms. The van der Waals surface area contributed by atoms with E-state index < -0.39 is 17.3 Å². The van der Waals surface area contributed by atoms with Crippen molar-refractivity contribution in [3.8, 4) is 6.07 Å². The number of hydrogen-bond acceptors (Lipinski definition) is 4. The number of nitrogens with zero attached hydrogens (tertiary/aromatic N) is 1. The summed E-state index contributed by atoms with van der Waals surface area (Å²) in [6, 6.07) is 5.88. The minimum absolute atomic E-state index is 0.0346. The van der Waals surface area contributed by atoms with Crippen molar-refractivity contribution in [2.24, 2.45) is 0 Å². The maximum absolute atomic E-state index is 13.5. The highest BCUT2D eigenvalue weighted by molar-refractivity contribution is 7.99. The van der Waals surface area contributed by atoms with Gasteiger partial charge in [0.05, 0.1) is 11.6 Å². The zero-order valence-corrected chi connectivity index (χ0v) is 11.0. The zero-order valence-electron chi connectivity index (χ0n) is 10.1. The Balaban J connectivity index is 2.03. The number of benzene rings is 1. The van der Waals surface area contributed by atoms with Gasteiger partial charge in [0.1, 0.15) is 5.82 Å². The molecule has 1 unspecified atom stereocenters. The normalized spacial score (nSPS) is 21.9. The van der Waals surface area contributed by atoms with E-state index in [1.807, 2.05) is 6.07 Å². The van der Waals surface area contributed by atoms with E-state index in [4.69, 9.17) is 5.26 Å². The fraction of sp³-hybridized carbons (Fsp3) is 0.385. The Kier molecular flexibility index (Phi) is 4.08. The van der Waals surface area contributed by atoms with Crippen molar-refractivity contribution in [1.82, 2.24) is 5.32 Å². The summed E-state index contributed by atoms with van der Waals surface area (Å²) in [7, 11) is 0. The van der Waals surface area contributed by atoms with Gasteiger partial charge in [-0.15, -0.1) is 0 Å².